The number of hydrogen-bond acceptors (Lipinski definition) is 2. The Morgan fingerprint density at radius 2 is 2.00 bits per heavy atom. The van der Waals surface area contributed by atoms with E-state index in [1.54, 1.807) is 12.1 Å². The van der Waals surface area contributed by atoms with Crippen LogP contribution in [0, 0.1) is 5.92 Å². The summed E-state index contributed by atoms with van der Waals surface area (Å²) in [5.74, 6) is -0.311. The van der Waals surface area contributed by atoms with Crippen LogP contribution in [0.25, 0.3) is 0 Å². The van der Waals surface area contributed by atoms with Gasteiger partial charge in [0, 0.05) is 16.8 Å². The Bertz CT molecular complexity index is 418. The number of carboxylic acids is 1. The summed E-state index contributed by atoms with van der Waals surface area (Å²) in [5.41, 5.74) is 0.849. The molecule has 0 spiro atoms. The highest BCUT2D eigenvalue weighted by Crippen LogP contribution is 2.22. The minimum absolute atomic E-state index is 0.221. The molecule has 2 N–H and O–H groups in total. The van der Waals surface area contributed by atoms with Crippen molar-refractivity contribution in [2.75, 3.05) is 5.32 Å². The first-order valence-electron chi connectivity index (χ1n) is 6.19. The molecule has 1 atom stereocenters. The first-order valence-corrected chi connectivity index (χ1v) is 6.57. The van der Waals surface area contributed by atoms with Crippen LogP contribution in [0.2, 0.25) is 5.02 Å². The van der Waals surface area contributed by atoms with Crippen molar-refractivity contribution in [3.63, 3.8) is 0 Å². The average Bonchev–Trinajstić information content (AvgIpc) is 2.28. The molecule has 3 nitrogen and oxygen atoms in total. The zero-order chi connectivity index (χ0) is 13.7. The predicted molar refractivity (Wildman–Crippen MR) is 75.6 cm³/mol. The largest absolute Gasteiger partial charge is 0.478 e. The topological polar surface area (TPSA) is 49.3 Å². The van der Waals surface area contributed by atoms with Crippen molar-refractivity contribution in [3.8, 4) is 0 Å². The van der Waals surface area contributed by atoms with Gasteiger partial charge in [-0.05, 0) is 43.9 Å². The van der Waals surface area contributed by atoms with Gasteiger partial charge in [-0.1, -0.05) is 25.4 Å². The zero-order valence-corrected chi connectivity index (χ0v) is 11.8. The molecular formula is C14H20ClNO2. The molecule has 1 rings (SSSR count). The van der Waals surface area contributed by atoms with E-state index >= 15 is 0 Å². The highest BCUT2D eigenvalue weighted by molar-refractivity contribution is 6.31. The predicted octanol–water partition coefficient (Wildman–Crippen LogP) is 4.27. The van der Waals surface area contributed by atoms with Crippen molar-refractivity contribution < 1.29 is 9.90 Å². The van der Waals surface area contributed by atoms with Gasteiger partial charge in [0.2, 0.25) is 0 Å². The molecule has 1 unspecified atom stereocenters. The summed E-state index contributed by atoms with van der Waals surface area (Å²) in [5, 5.41) is 12.8. The van der Waals surface area contributed by atoms with Crippen LogP contribution in [0.3, 0.4) is 0 Å². The van der Waals surface area contributed by atoms with Crippen LogP contribution in [0.4, 0.5) is 5.69 Å². The number of hydrogen-bond donors (Lipinski definition) is 2. The second kappa shape index (κ2) is 6.64. The third-order valence-electron chi connectivity index (χ3n) is 2.79. The standard InChI is InChI=1S/C14H20ClNO2/c1-9(2)4-5-10(3)16-13-7-6-11(15)8-12(13)14(17)18/h6-10,16H,4-5H2,1-3H3,(H,17,18). The summed E-state index contributed by atoms with van der Waals surface area (Å²) in [6.45, 7) is 6.41. The quantitative estimate of drug-likeness (QED) is 0.811. The van der Waals surface area contributed by atoms with Crippen LogP contribution in [-0.2, 0) is 0 Å². The first kappa shape index (κ1) is 14.8. The van der Waals surface area contributed by atoms with Gasteiger partial charge in [0.05, 0.1) is 5.56 Å². The van der Waals surface area contributed by atoms with Gasteiger partial charge in [-0.25, -0.2) is 4.79 Å². The second-order valence-electron chi connectivity index (χ2n) is 5.01. The Balaban J connectivity index is 2.74. The molecule has 0 aliphatic heterocycles. The van der Waals surface area contributed by atoms with Crippen LogP contribution >= 0.6 is 11.6 Å². The van der Waals surface area contributed by atoms with E-state index in [4.69, 9.17) is 16.7 Å². The van der Waals surface area contributed by atoms with Crippen molar-refractivity contribution in [3.05, 3.63) is 28.8 Å². The van der Waals surface area contributed by atoms with E-state index in [1.165, 1.54) is 6.07 Å². The molecule has 1 aromatic carbocycles. The zero-order valence-electron chi connectivity index (χ0n) is 11.0. The van der Waals surface area contributed by atoms with Gasteiger partial charge in [0.15, 0.2) is 0 Å². The van der Waals surface area contributed by atoms with Gasteiger partial charge in [0.1, 0.15) is 0 Å². The molecular weight excluding hydrogens is 250 g/mol. The van der Waals surface area contributed by atoms with Crippen molar-refractivity contribution in [2.24, 2.45) is 5.92 Å². The minimum Gasteiger partial charge on any atom is -0.478 e. The highest BCUT2D eigenvalue weighted by Gasteiger charge is 2.12. The molecule has 0 aliphatic rings. The van der Waals surface area contributed by atoms with Gasteiger partial charge in [-0.2, -0.15) is 0 Å². The molecule has 0 bridgehead atoms. The van der Waals surface area contributed by atoms with E-state index in [1.807, 2.05) is 0 Å². The SMILES string of the molecule is CC(C)CCC(C)Nc1ccc(Cl)cc1C(=O)O. The summed E-state index contributed by atoms with van der Waals surface area (Å²) in [4.78, 5) is 11.1. The Labute approximate surface area is 113 Å². The fourth-order valence-electron chi connectivity index (χ4n) is 1.74. The van der Waals surface area contributed by atoms with E-state index in [-0.39, 0.29) is 11.6 Å². The number of rotatable bonds is 6. The fraction of sp³-hybridized carbons (Fsp3) is 0.500. The molecule has 0 fully saturated rings. The Morgan fingerprint density at radius 1 is 1.33 bits per heavy atom. The van der Waals surface area contributed by atoms with Gasteiger partial charge < -0.3 is 10.4 Å². The molecule has 18 heavy (non-hydrogen) atoms. The molecule has 0 saturated heterocycles. The van der Waals surface area contributed by atoms with Gasteiger partial charge in [-0.3, -0.25) is 0 Å². The highest BCUT2D eigenvalue weighted by atomic mass is 35.5. The number of carbonyl (C=O) groups is 1. The lowest BCUT2D eigenvalue weighted by molar-refractivity contribution is 0.0698. The number of halogens is 1. The van der Waals surface area contributed by atoms with Crippen molar-refractivity contribution in [1.29, 1.82) is 0 Å². The summed E-state index contributed by atoms with van der Waals surface area (Å²) in [7, 11) is 0. The monoisotopic (exact) mass is 269 g/mol. The molecule has 0 amide bonds. The smallest absolute Gasteiger partial charge is 0.337 e. The van der Waals surface area contributed by atoms with Crippen molar-refractivity contribution in [1.82, 2.24) is 0 Å². The molecule has 0 radical (unpaired) electrons. The molecule has 0 heterocycles. The number of benzene rings is 1. The second-order valence-corrected chi connectivity index (χ2v) is 5.45. The minimum atomic E-state index is -0.962. The van der Waals surface area contributed by atoms with Crippen molar-refractivity contribution in [2.45, 2.75) is 39.7 Å². The van der Waals surface area contributed by atoms with E-state index in [2.05, 4.69) is 26.1 Å². The third-order valence-corrected chi connectivity index (χ3v) is 3.03. The number of aromatic carboxylic acids is 1. The van der Waals surface area contributed by atoms with Gasteiger partial charge in [-0.15, -0.1) is 0 Å². The van der Waals surface area contributed by atoms with Gasteiger partial charge >= 0.3 is 5.97 Å². The maximum Gasteiger partial charge on any atom is 0.337 e. The normalized spacial score (nSPS) is 12.5. The molecule has 0 saturated carbocycles. The summed E-state index contributed by atoms with van der Waals surface area (Å²) < 4.78 is 0. The third kappa shape index (κ3) is 4.57. The Kier molecular flexibility index (Phi) is 5.48. The van der Waals surface area contributed by atoms with Crippen molar-refractivity contribution >= 4 is 23.3 Å². The van der Waals surface area contributed by atoms with E-state index in [0.717, 1.165) is 12.8 Å². The average molecular weight is 270 g/mol. The van der Waals surface area contributed by atoms with E-state index in [0.29, 0.717) is 16.6 Å². The lowest BCUT2D eigenvalue weighted by atomic mass is 10.0. The summed E-state index contributed by atoms with van der Waals surface area (Å²) in [6.07, 6.45) is 2.13. The number of anilines is 1. The summed E-state index contributed by atoms with van der Waals surface area (Å²) in [6, 6.07) is 5.14. The van der Waals surface area contributed by atoms with Gasteiger partial charge in [0.25, 0.3) is 0 Å². The molecule has 1 aromatic rings. The van der Waals surface area contributed by atoms with Crippen LogP contribution in [0.1, 0.15) is 44.0 Å². The van der Waals surface area contributed by atoms with Crippen LogP contribution < -0.4 is 5.32 Å². The van der Waals surface area contributed by atoms with E-state index < -0.39 is 5.97 Å². The number of nitrogens with one attached hydrogen (secondary N) is 1. The maximum atomic E-state index is 11.1. The summed E-state index contributed by atoms with van der Waals surface area (Å²) >= 11 is 5.81. The molecule has 0 aliphatic carbocycles. The van der Waals surface area contributed by atoms with Crippen LogP contribution in [0.15, 0.2) is 18.2 Å². The first-order chi connectivity index (χ1) is 8.40. The van der Waals surface area contributed by atoms with Crippen LogP contribution in [-0.4, -0.2) is 17.1 Å². The van der Waals surface area contributed by atoms with Crippen LogP contribution in [0.5, 0.6) is 0 Å². The Hall–Kier alpha value is -1.22. The lowest BCUT2D eigenvalue weighted by Crippen LogP contribution is -2.18. The Morgan fingerprint density at radius 3 is 2.56 bits per heavy atom. The molecule has 4 heteroatoms. The fourth-order valence-corrected chi connectivity index (χ4v) is 1.91. The van der Waals surface area contributed by atoms with E-state index in [9.17, 15) is 4.79 Å². The number of carboxylic acid groups (broad SMARTS) is 1. The molecule has 100 valence electrons. The lowest BCUT2D eigenvalue weighted by Gasteiger charge is -2.18. The molecule has 0 aromatic heterocycles. The maximum absolute atomic E-state index is 11.1.